The molecule has 6 heteroatoms. The Bertz CT molecular complexity index is 1220. The molecule has 2 aliphatic rings. The third kappa shape index (κ3) is 3.41. The van der Waals surface area contributed by atoms with Crippen molar-refractivity contribution in [3.05, 3.63) is 106 Å². The third-order valence-electron chi connectivity index (χ3n) is 5.72. The second-order valence-corrected chi connectivity index (χ2v) is 8.03. The summed E-state index contributed by atoms with van der Waals surface area (Å²) in [6.45, 7) is 1.17. The van der Waals surface area contributed by atoms with E-state index < -0.39 is 17.6 Å². The van der Waals surface area contributed by atoms with E-state index in [1.165, 1.54) is 29.8 Å². The minimum Gasteiger partial charge on any atom is -0.362 e. The number of carbonyl (C=O) groups is 2. The predicted octanol–water partition coefficient (Wildman–Crippen LogP) is 4.82. The molecule has 0 aromatic heterocycles. The van der Waals surface area contributed by atoms with Crippen LogP contribution in [0.15, 0.2) is 78.5 Å². The minimum atomic E-state index is -0.429. The van der Waals surface area contributed by atoms with Crippen LogP contribution < -0.4 is 4.90 Å². The summed E-state index contributed by atoms with van der Waals surface area (Å²) in [6.07, 6.45) is 0.783. The first kappa shape index (κ1) is 19.5. The molecule has 0 atom stereocenters. The van der Waals surface area contributed by atoms with Crippen LogP contribution in [0.25, 0.3) is 5.57 Å². The maximum Gasteiger partial charge on any atom is 0.282 e. The number of carbonyl (C=O) groups excluding carboxylic acids is 2. The van der Waals surface area contributed by atoms with Crippen LogP contribution >= 0.6 is 11.6 Å². The van der Waals surface area contributed by atoms with Crippen LogP contribution in [0.3, 0.4) is 0 Å². The van der Waals surface area contributed by atoms with Crippen molar-refractivity contribution in [2.45, 2.75) is 13.0 Å². The topological polar surface area (TPSA) is 40.6 Å². The summed E-state index contributed by atoms with van der Waals surface area (Å²) in [6, 6.07) is 20.4. The lowest BCUT2D eigenvalue weighted by molar-refractivity contribution is -0.120. The molecule has 0 aliphatic carbocycles. The second kappa shape index (κ2) is 7.67. The summed E-state index contributed by atoms with van der Waals surface area (Å²) in [5.74, 6) is -1.25. The number of hydrogen-bond donors (Lipinski definition) is 0. The highest BCUT2D eigenvalue weighted by molar-refractivity contribution is 6.45. The van der Waals surface area contributed by atoms with E-state index in [9.17, 15) is 14.0 Å². The Morgan fingerprint density at radius 2 is 1.48 bits per heavy atom. The quantitative estimate of drug-likeness (QED) is 0.557. The molecular weight excluding hydrogens is 415 g/mol. The van der Waals surface area contributed by atoms with Gasteiger partial charge in [0, 0.05) is 18.1 Å². The average Bonchev–Trinajstić information content (AvgIpc) is 3.05. The maximum atomic E-state index is 13.5. The predicted molar refractivity (Wildman–Crippen MR) is 118 cm³/mol. The number of rotatable bonds is 3. The molecule has 154 valence electrons. The molecule has 2 amide bonds. The number of amides is 2. The van der Waals surface area contributed by atoms with Crippen LogP contribution in [-0.4, -0.2) is 23.3 Å². The van der Waals surface area contributed by atoms with Gasteiger partial charge in [0.1, 0.15) is 11.5 Å². The molecule has 3 aromatic carbocycles. The van der Waals surface area contributed by atoms with Gasteiger partial charge in [-0.1, -0.05) is 48.0 Å². The molecule has 0 unspecified atom stereocenters. The second-order valence-electron chi connectivity index (χ2n) is 7.59. The maximum absolute atomic E-state index is 13.5. The molecular formula is C25H18ClFN2O2. The van der Waals surface area contributed by atoms with Gasteiger partial charge in [-0.3, -0.25) is 9.59 Å². The van der Waals surface area contributed by atoms with Crippen molar-refractivity contribution < 1.29 is 14.0 Å². The Morgan fingerprint density at radius 1 is 0.806 bits per heavy atom. The van der Waals surface area contributed by atoms with Crippen LogP contribution in [0.2, 0.25) is 5.02 Å². The number of imide groups is 1. The molecule has 0 radical (unpaired) electrons. The molecule has 2 heterocycles. The van der Waals surface area contributed by atoms with Crippen molar-refractivity contribution in [3.8, 4) is 0 Å². The zero-order valence-electron chi connectivity index (χ0n) is 16.5. The molecule has 0 saturated carbocycles. The van der Waals surface area contributed by atoms with Crippen molar-refractivity contribution in [1.82, 2.24) is 4.90 Å². The number of anilines is 1. The van der Waals surface area contributed by atoms with Crippen LogP contribution in [0.5, 0.6) is 0 Å². The summed E-state index contributed by atoms with van der Waals surface area (Å²) in [7, 11) is 0. The smallest absolute Gasteiger partial charge is 0.282 e. The molecule has 3 aromatic rings. The third-order valence-corrected chi connectivity index (χ3v) is 5.98. The molecule has 0 spiro atoms. The molecule has 0 bridgehead atoms. The van der Waals surface area contributed by atoms with Crippen LogP contribution in [0, 0.1) is 5.82 Å². The number of benzene rings is 3. The monoisotopic (exact) mass is 432 g/mol. The average molecular weight is 433 g/mol. The lowest BCUT2D eigenvalue weighted by Crippen LogP contribution is -2.37. The largest absolute Gasteiger partial charge is 0.362 e. The lowest BCUT2D eigenvalue weighted by Gasteiger charge is -2.31. The highest BCUT2D eigenvalue weighted by atomic mass is 35.5. The zero-order chi connectivity index (χ0) is 21.5. The first-order chi connectivity index (χ1) is 15.0. The van der Waals surface area contributed by atoms with Gasteiger partial charge in [-0.2, -0.15) is 0 Å². The fourth-order valence-electron chi connectivity index (χ4n) is 4.20. The molecule has 0 saturated heterocycles. The Balaban J connectivity index is 1.61. The van der Waals surface area contributed by atoms with Crippen LogP contribution in [0.1, 0.15) is 16.7 Å². The van der Waals surface area contributed by atoms with Crippen LogP contribution in [-0.2, 0) is 22.6 Å². The number of nitrogens with zero attached hydrogens (tertiary/aromatic N) is 2. The van der Waals surface area contributed by atoms with Gasteiger partial charge in [0.05, 0.1) is 11.3 Å². The molecule has 31 heavy (non-hydrogen) atoms. The van der Waals surface area contributed by atoms with E-state index in [0.29, 0.717) is 40.6 Å². The van der Waals surface area contributed by atoms with E-state index in [1.54, 1.807) is 24.3 Å². The molecule has 5 rings (SSSR count). The van der Waals surface area contributed by atoms with E-state index in [1.807, 2.05) is 23.1 Å². The molecule has 0 fully saturated rings. The number of hydrogen-bond acceptors (Lipinski definition) is 3. The highest BCUT2D eigenvalue weighted by Crippen LogP contribution is 2.37. The van der Waals surface area contributed by atoms with Crippen LogP contribution in [0.4, 0.5) is 10.1 Å². The Morgan fingerprint density at radius 3 is 2.19 bits per heavy atom. The zero-order valence-corrected chi connectivity index (χ0v) is 17.3. The fourth-order valence-corrected chi connectivity index (χ4v) is 4.33. The Hall–Kier alpha value is -3.44. The lowest BCUT2D eigenvalue weighted by atomic mass is 9.98. The van der Waals surface area contributed by atoms with Gasteiger partial charge in [-0.15, -0.1) is 0 Å². The van der Waals surface area contributed by atoms with E-state index >= 15 is 0 Å². The Labute approximate surface area is 184 Å². The number of halogens is 2. The van der Waals surface area contributed by atoms with E-state index in [4.69, 9.17) is 11.6 Å². The van der Waals surface area contributed by atoms with Crippen molar-refractivity contribution in [2.75, 3.05) is 11.4 Å². The molecule has 0 N–H and O–H groups in total. The van der Waals surface area contributed by atoms with Crippen molar-refractivity contribution in [1.29, 1.82) is 0 Å². The van der Waals surface area contributed by atoms with E-state index in [0.717, 1.165) is 16.9 Å². The summed E-state index contributed by atoms with van der Waals surface area (Å²) in [5.41, 5.74) is 4.06. The minimum absolute atomic E-state index is 0.338. The standard InChI is InChI=1S/C25H18ClFN2O2/c26-19-7-5-17(6-8-19)22-23(28-14-13-16-3-1-2-4-18(16)15-28)25(31)29(24(22)30)21-11-9-20(27)10-12-21/h1-12H,13-15H2. The fraction of sp³-hybridized carbons (Fsp3) is 0.120. The molecule has 4 nitrogen and oxygen atoms in total. The van der Waals surface area contributed by atoms with Gasteiger partial charge in [-0.05, 0) is 59.5 Å². The summed E-state index contributed by atoms with van der Waals surface area (Å²) < 4.78 is 13.4. The van der Waals surface area contributed by atoms with Crippen molar-refractivity contribution in [2.24, 2.45) is 0 Å². The van der Waals surface area contributed by atoms with Gasteiger partial charge >= 0.3 is 0 Å². The SMILES string of the molecule is O=C1C(c2ccc(Cl)cc2)=C(N2CCc3ccccc3C2)C(=O)N1c1ccc(F)cc1. The van der Waals surface area contributed by atoms with Gasteiger partial charge in [0.2, 0.25) is 0 Å². The van der Waals surface area contributed by atoms with Crippen molar-refractivity contribution >= 4 is 34.7 Å². The highest BCUT2D eigenvalue weighted by Gasteiger charge is 2.43. The summed E-state index contributed by atoms with van der Waals surface area (Å²) >= 11 is 6.04. The van der Waals surface area contributed by atoms with E-state index in [2.05, 4.69) is 6.07 Å². The van der Waals surface area contributed by atoms with Gasteiger partial charge in [0.15, 0.2) is 0 Å². The summed E-state index contributed by atoms with van der Waals surface area (Å²) in [5, 5.41) is 0.546. The number of fused-ring (bicyclic) bond motifs is 1. The van der Waals surface area contributed by atoms with Gasteiger partial charge in [-0.25, -0.2) is 9.29 Å². The summed E-state index contributed by atoms with van der Waals surface area (Å²) in [4.78, 5) is 30.1. The first-order valence-corrected chi connectivity index (χ1v) is 10.4. The Kier molecular flexibility index (Phi) is 4.83. The van der Waals surface area contributed by atoms with Gasteiger partial charge < -0.3 is 4.90 Å². The van der Waals surface area contributed by atoms with E-state index in [-0.39, 0.29) is 0 Å². The van der Waals surface area contributed by atoms with Gasteiger partial charge in [0.25, 0.3) is 11.8 Å². The normalized spacial score (nSPS) is 16.2. The molecule has 2 aliphatic heterocycles. The van der Waals surface area contributed by atoms with Crippen molar-refractivity contribution in [3.63, 3.8) is 0 Å². The first-order valence-electron chi connectivity index (χ1n) is 9.99.